The third-order valence-corrected chi connectivity index (χ3v) is 2.75. The molecule has 0 aromatic carbocycles. The van der Waals surface area contributed by atoms with Gasteiger partial charge in [-0.15, -0.1) is 0 Å². The van der Waals surface area contributed by atoms with Gasteiger partial charge in [0, 0.05) is 19.8 Å². The van der Waals surface area contributed by atoms with E-state index < -0.39 is 31.9 Å². The Morgan fingerprint density at radius 1 is 1.53 bits per heavy atom. The van der Waals surface area contributed by atoms with E-state index >= 15 is 0 Å². The average Bonchev–Trinajstić information content (AvgIpc) is 2.39. The first kappa shape index (κ1) is 13.2. The van der Waals surface area contributed by atoms with Gasteiger partial charge in [0.2, 0.25) is 0 Å². The molecule has 1 saturated heterocycles. The highest BCUT2D eigenvalue weighted by Crippen LogP contribution is 2.42. The molecular formula is C7H14BO6P. The van der Waals surface area contributed by atoms with Crippen molar-refractivity contribution in [1.82, 2.24) is 0 Å². The maximum atomic E-state index is 11.1. The van der Waals surface area contributed by atoms with E-state index in [0.717, 1.165) is 6.66 Å². The van der Waals surface area contributed by atoms with Crippen LogP contribution in [0.15, 0.2) is 0 Å². The molecule has 3 unspecified atom stereocenters. The summed E-state index contributed by atoms with van der Waals surface area (Å²) < 4.78 is 26.1. The van der Waals surface area contributed by atoms with Crippen LogP contribution in [0.25, 0.3) is 0 Å². The number of hydrogen-bond acceptors (Lipinski definition) is 5. The molecule has 8 heteroatoms. The minimum atomic E-state index is -3.67. The topological polar surface area (TPSA) is 85.2 Å². The molecule has 1 fully saturated rings. The zero-order valence-electron chi connectivity index (χ0n) is 8.57. The Hall–Kier alpha value is 0.0949. The van der Waals surface area contributed by atoms with E-state index in [9.17, 15) is 4.57 Å². The number of methoxy groups -OCH3 is 1. The highest BCUT2D eigenvalue weighted by molar-refractivity contribution is 7.51. The lowest BCUT2D eigenvalue weighted by Crippen LogP contribution is -2.37. The molecule has 6 nitrogen and oxygen atoms in total. The van der Waals surface area contributed by atoms with Crippen molar-refractivity contribution in [3.63, 3.8) is 0 Å². The molecule has 2 N–H and O–H groups in total. The Bertz CT molecular complexity index is 256. The Morgan fingerprint density at radius 3 is 2.53 bits per heavy atom. The molecular weight excluding hydrogens is 222 g/mol. The van der Waals surface area contributed by atoms with E-state index in [1.807, 2.05) is 0 Å². The van der Waals surface area contributed by atoms with Gasteiger partial charge in [-0.2, -0.15) is 0 Å². The first-order chi connectivity index (χ1) is 6.89. The number of aliphatic hydroxyl groups excluding tert-OH is 1. The van der Waals surface area contributed by atoms with Gasteiger partial charge in [0.25, 0.3) is 0 Å². The Labute approximate surface area is 89.5 Å². The molecule has 0 aromatic heterocycles. The first-order valence-corrected chi connectivity index (χ1v) is 6.45. The van der Waals surface area contributed by atoms with E-state index in [4.69, 9.17) is 31.8 Å². The molecule has 0 spiro atoms. The fourth-order valence-corrected chi connectivity index (χ4v) is 2.23. The summed E-state index contributed by atoms with van der Waals surface area (Å²) >= 11 is 0. The monoisotopic (exact) mass is 236 g/mol. The van der Waals surface area contributed by atoms with Crippen LogP contribution < -0.4 is 0 Å². The molecule has 1 rings (SSSR count). The van der Waals surface area contributed by atoms with Gasteiger partial charge in [0.1, 0.15) is 26.2 Å². The highest BCUT2D eigenvalue weighted by atomic mass is 31.2. The van der Waals surface area contributed by atoms with Crippen molar-refractivity contribution in [2.75, 3.05) is 20.4 Å². The normalized spacial score (nSPS) is 40.3. The lowest BCUT2D eigenvalue weighted by Gasteiger charge is -2.23. The van der Waals surface area contributed by atoms with Crippen molar-refractivity contribution in [3.8, 4) is 0 Å². The summed E-state index contributed by atoms with van der Waals surface area (Å²) in [6.07, 6.45) is -2.25. The van der Waals surface area contributed by atoms with Crippen LogP contribution in [0.5, 0.6) is 0 Å². The molecule has 5 atom stereocenters. The summed E-state index contributed by atoms with van der Waals surface area (Å²) in [6, 6.07) is -0.774. The Kier molecular flexibility index (Phi) is 4.34. The molecule has 0 aliphatic carbocycles. The van der Waals surface area contributed by atoms with Gasteiger partial charge in [-0.25, -0.2) is 0 Å². The fraction of sp³-hybridized carbons (Fsp3) is 1.00. The average molecular weight is 236 g/mol. The lowest BCUT2D eigenvalue weighted by molar-refractivity contribution is -0.00491. The van der Waals surface area contributed by atoms with Gasteiger partial charge < -0.3 is 19.5 Å². The molecule has 0 saturated carbocycles. The van der Waals surface area contributed by atoms with Crippen LogP contribution in [0, 0.1) is 0 Å². The summed E-state index contributed by atoms with van der Waals surface area (Å²) in [5.41, 5.74) is 0. The second kappa shape index (κ2) is 4.95. The maximum Gasteiger partial charge on any atom is 0.325 e. The van der Waals surface area contributed by atoms with E-state index in [-0.39, 0.29) is 6.61 Å². The minimum absolute atomic E-state index is 0.349. The van der Waals surface area contributed by atoms with Gasteiger partial charge in [0.15, 0.2) is 0 Å². The summed E-state index contributed by atoms with van der Waals surface area (Å²) in [4.78, 5) is 9.09. The third kappa shape index (κ3) is 3.27. The van der Waals surface area contributed by atoms with Crippen LogP contribution in [0.4, 0.5) is 0 Å². The van der Waals surface area contributed by atoms with E-state index in [2.05, 4.69) is 0 Å². The smallest absolute Gasteiger partial charge is 0.325 e. The SMILES string of the molecule is [B][C@@H]1O[C@H](CO)C(OP(C)(=O)O)C1OC. The van der Waals surface area contributed by atoms with Crippen molar-refractivity contribution >= 4 is 15.4 Å². The quantitative estimate of drug-likeness (QED) is 0.485. The zero-order valence-corrected chi connectivity index (χ0v) is 9.46. The molecule has 2 radical (unpaired) electrons. The fourth-order valence-electron chi connectivity index (χ4n) is 1.52. The van der Waals surface area contributed by atoms with Gasteiger partial charge in [-0.1, -0.05) is 0 Å². The molecule has 15 heavy (non-hydrogen) atoms. The molecule has 1 aliphatic rings. The van der Waals surface area contributed by atoms with E-state index in [0.29, 0.717) is 0 Å². The van der Waals surface area contributed by atoms with E-state index in [1.54, 1.807) is 0 Å². The Morgan fingerprint density at radius 2 is 2.13 bits per heavy atom. The number of rotatable bonds is 4. The van der Waals surface area contributed by atoms with Crippen LogP contribution >= 0.6 is 7.60 Å². The highest BCUT2D eigenvalue weighted by Gasteiger charge is 2.45. The van der Waals surface area contributed by atoms with E-state index in [1.165, 1.54) is 7.11 Å². The van der Waals surface area contributed by atoms with Crippen LogP contribution in [0.1, 0.15) is 0 Å². The van der Waals surface area contributed by atoms with Crippen LogP contribution in [-0.2, 0) is 18.6 Å². The lowest BCUT2D eigenvalue weighted by atomic mass is 9.93. The first-order valence-electron chi connectivity index (χ1n) is 4.42. The summed E-state index contributed by atoms with van der Waals surface area (Å²) in [7, 11) is 3.28. The predicted molar refractivity (Wildman–Crippen MR) is 52.9 cm³/mol. The van der Waals surface area contributed by atoms with Crippen molar-refractivity contribution in [2.45, 2.75) is 24.3 Å². The summed E-state index contributed by atoms with van der Waals surface area (Å²) in [6.45, 7) is 0.705. The number of aliphatic hydroxyl groups is 1. The number of ether oxygens (including phenoxy) is 2. The summed E-state index contributed by atoms with van der Waals surface area (Å²) in [5.74, 6) is 0. The van der Waals surface area contributed by atoms with Crippen LogP contribution in [0.2, 0.25) is 0 Å². The molecule has 1 heterocycles. The Balaban J connectivity index is 2.76. The largest absolute Gasteiger partial charge is 0.394 e. The second-order valence-corrected chi connectivity index (χ2v) is 5.21. The van der Waals surface area contributed by atoms with Crippen LogP contribution in [-0.4, -0.2) is 62.5 Å². The van der Waals surface area contributed by atoms with Gasteiger partial charge in [0.05, 0.1) is 6.61 Å². The number of hydrogen-bond donors (Lipinski definition) is 2. The molecule has 0 aromatic rings. The van der Waals surface area contributed by atoms with Crippen molar-refractivity contribution in [1.29, 1.82) is 0 Å². The predicted octanol–water partition coefficient (Wildman–Crippen LogP) is -0.913. The van der Waals surface area contributed by atoms with Crippen LogP contribution in [0.3, 0.4) is 0 Å². The van der Waals surface area contributed by atoms with Gasteiger partial charge >= 0.3 is 7.60 Å². The standard InChI is InChI=1S/C7H14BO6P/c1-12-6-5(14-15(2,10)11)4(3-9)13-7(6)8/h4-7,9H,3H2,1-2H3,(H,10,11)/t4-,5?,6?,7-/m1/s1. The van der Waals surface area contributed by atoms with Crippen molar-refractivity contribution in [2.24, 2.45) is 0 Å². The van der Waals surface area contributed by atoms with Gasteiger partial charge in [-0.05, 0) is 0 Å². The summed E-state index contributed by atoms with van der Waals surface area (Å²) in [5, 5.41) is 8.98. The van der Waals surface area contributed by atoms with Gasteiger partial charge in [-0.3, -0.25) is 9.09 Å². The molecule has 86 valence electrons. The second-order valence-electron chi connectivity index (χ2n) is 3.40. The zero-order chi connectivity index (χ0) is 11.6. The minimum Gasteiger partial charge on any atom is -0.394 e. The van der Waals surface area contributed by atoms with Crippen molar-refractivity contribution < 1.29 is 28.6 Å². The molecule has 0 bridgehead atoms. The van der Waals surface area contributed by atoms with Crippen molar-refractivity contribution in [3.05, 3.63) is 0 Å². The molecule has 0 amide bonds. The maximum absolute atomic E-state index is 11.1. The molecule has 1 aliphatic heterocycles. The third-order valence-electron chi connectivity index (χ3n) is 2.12.